The molecule has 4 aromatic rings. The number of carbonyl (C=O) groups is 1. The number of fused-ring (bicyclic) bond motifs is 1. The zero-order chi connectivity index (χ0) is 24.4. The number of H-pyrrole nitrogens is 1. The van der Waals surface area contributed by atoms with Crippen LogP contribution in [0.15, 0.2) is 48.9 Å². The fourth-order valence-electron chi connectivity index (χ4n) is 4.00. The van der Waals surface area contributed by atoms with Crippen molar-refractivity contribution in [1.29, 1.82) is 0 Å². The zero-order valence-corrected chi connectivity index (χ0v) is 19.6. The Morgan fingerprint density at radius 3 is 2.91 bits per heavy atom. The Kier molecular flexibility index (Phi) is 6.47. The van der Waals surface area contributed by atoms with Gasteiger partial charge in [-0.15, -0.1) is 0 Å². The lowest BCUT2D eigenvalue weighted by Crippen LogP contribution is -2.37. The number of aromatic nitrogens is 4. The van der Waals surface area contributed by atoms with Crippen LogP contribution in [-0.4, -0.2) is 63.7 Å². The number of anilines is 1. The average Bonchev–Trinajstić information content (AvgIpc) is 3.18. The van der Waals surface area contributed by atoms with Crippen LogP contribution in [0.25, 0.3) is 22.4 Å². The maximum Gasteiger partial charge on any atom is 0.320 e. The third-order valence-electron chi connectivity index (χ3n) is 5.67. The summed E-state index contributed by atoms with van der Waals surface area (Å²) in [5.41, 5.74) is 2.28. The van der Waals surface area contributed by atoms with Crippen molar-refractivity contribution in [2.75, 3.05) is 32.1 Å². The molecule has 1 saturated heterocycles. The summed E-state index contributed by atoms with van der Waals surface area (Å²) in [5.74, 6) is 0.139. The lowest BCUT2D eigenvalue weighted by molar-refractivity contribution is -0.143. The van der Waals surface area contributed by atoms with Crippen molar-refractivity contribution in [3.05, 3.63) is 65.3 Å². The highest BCUT2D eigenvalue weighted by Crippen LogP contribution is 2.28. The summed E-state index contributed by atoms with van der Waals surface area (Å²) >= 11 is 6.09. The molecule has 9 nitrogen and oxygen atoms in total. The molecule has 1 fully saturated rings. The van der Waals surface area contributed by atoms with Gasteiger partial charge in [-0.1, -0.05) is 23.7 Å². The molecular weight excluding hydrogens is 475 g/mol. The molecule has 11 heteroatoms. The van der Waals surface area contributed by atoms with E-state index in [1.54, 1.807) is 19.4 Å². The maximum atomic E-state index is 14.7. The first-order valence-corrected chi connectivity index (χ1v) is 11.3. The summed E-state index contributed by atoms with van der Waals surface area (Å²) in [7, 11) is 1.61. The molecule has 4 heterocycles. The van der Waals surface area contributed by atoms with Crippen molar-refractivity contribution >= 4 is 34.4 Å². The van der Waals surface area contributed by atoms with Crippen molar-refractivity contribution in [2.45, 2.75) is 12.6 Å². The van der Waals surface area contributed by atoms with Crippen LogP contribution in [0.2, 0.25) is 5.02 Å². The number of nitrogens with one attached hydrogen (secondary N) is 2. The molecule has 2 N–H and O–H groups in total. The number of benzene rings is 1. The minimum Gasteiger partial charge on any atom is -0.497 e. The Bertz CT molecular complexity index is 1360. The van der Waals surface area contributed by atoms with Gasteiger partial charge in [0.25, 0.3) is 0 Å². The van der Waals surface area contributed by atoms with Crippen LogP contribution in [0.5, 0.6) is 5.75 Å². The van der Waals surface area contributed by atoms with Crippen molar-refractivity contribution in [3.8, 4) is 17.1 Å². The Balaban J connectivity index is 1.36. The number of aromatic amines is 1. The number of esters is 1. The van der Waals surface area contributed by atoms with Crippen LogP contribution in [-0.2, 0) is 16.1 Å². The summed E-state index contributed by atoms with van der Waals surface area (Å²) in [5, 5.41) is 4.28. The summed E-state index contributed by atoms with van der Waals surface area (Å²) < 4.78 is 25.2. The molecule has 5 rings (SSSR count). The second kappa shape index (κ2) is 9.85. The lowest BCUT2D eigenvalue weighted by Gasteiger charge is -2.23. The van der Waals surface area contributed by atoms with Gasteiger partial charge in [-0.05, 0) is 23.8 Å². The Morgan fingerprint density at radius 2 is 2.11 bits per heavy atom. The third-order valence-corrected chi connectivity index (χ3v) is 5.87. The molecule has 180 valence electrons. The van der Waals surface area contributed by atoms with Gasteiger partial charge in [0.1, 0.15) is 18.0 Å². The van der Waals surface area contributed by atoms with E-state index in [0.717, 1.165) is 22.9 Å². The molecule has 0 radical (unpaired) electrons. The highest BCUT2D eigenvalue weighted by molar-refractivity contribution is 6.31. The van der Waals surface area contributed by atoms with Crippen LogP contribution in [0.1, 0.15) is 5.56 Å². The van der Waals surface area contributed by atoms with E-state index in [4.69, 9.17) is 21.1 Å². The van der Waals surface area contributed by atoms with Crippen LogP contribution in [0.3, 0.4) is 0 Å². The minimum atomic E-state index is -0.609. The molecule has 1 aromatic carbocycles. The number of rotatable bonds is 6. The number of methoxy groups -OCH3 is 1. The van der Waals surface area contributed by atoms with Gasteiger partial charge in [0.2, 0.25) is 0 Å². The van der Waals surface area contributed by atoms with Gasteiger partial charge in [0.05, 0.1) is 30.9 Å². The Hall–Kier alpha value is -3.76. The quantitative estimate of drug-likeness (QED) is 0.390. The summed E-state index contributed by atoms with van der Waals surface area (Å²) in [6, 6.07) is 8.98. The van der Waals surface area contributed by atoms with E-state index >= 15 is 0 Å². The predicted octanol–water partition coefficient (Wildman–Crippen LogP) is 3.66. The van der Waals surface area contributed by atoms with Crippen molar-refractivity contribution in [2.24, 2.45) is 0 Å². The Labute approximate surface area is 205 Å². The lowest BCUT2D eigenvalue weighted by atomic mass is 10.2. The fraction of sp³-hybridized carbons (Fsp3) is 0.250. The van der Waals surface area contributed by atoms with Gasteiger partial charge in [-0.25, -0.2) is 19.3 Å². The standard InChI is InChI=1S/C24H22ClFN6O3/c1-34-17-4-2-14(3-5-17)10-32-11-16(13-35-21(33)12-32)30-24-20(26)9-29-23(31-24)19-8-28-22-18(19)6-15(25)7-27-22/h2-9,16H,10-13H2,1H3,(H,27,28)(H,29,30,31). The van der Waals surface area contributed by atoms with Gasteiger partial charge in [-0.3, -0.25) is 9.69 Å². The molecule has 35 heavy (non-hydrogen) atoms. The molecule has 0 spiro atoms. The highest BCUT2D eigenvalue weighted by Gasteiger charge is 2.25. The van der Waals surface area contributed by atoms with Gasteiger partial charge in [0, 0.05) is 36.4 Å². The monoisotopic (exact) mass is 496 g/mol. The molecular formula is C24H22ClFN6O3. The summed E-state index contributed by atoms with van der Waals surface area (Å²) in [6.45, 7) is 1.19. The van der Waals surface area contributed by atoms with Crippen molar-refractivity contribution < 1.29 is 18.7 Å². The fourth-order valence-corrected chi connectivity index (χ4v) is 4.16. The first-order chi connectivity index (χ1) is 17.0. The first-order valence-electron chi connectivity index (χ1n) is 10.9. The SMILES string of the molecule is COc1ccc(CN2CC(=O)OCC(Nc3nc(-c4c[nH]c5ncc(Cl)cc45)ncc3F)C2)cc1. The van der Waals surface area contributed by atoms with Crippen LogP contribution >= 0.6 is 11.6 Å². The van der Waals surface area contributed by atoms with E-state index in [1.165, 1.54) is 6.20 Å². The smallest absolute Gasteiger partial charge is 0.320 e. The highest BCUT2D eigenvalue weighted by atomic mass is 35.5. The van der Waals surface area contributed by atoms with E-state index in [2.05, 4.69) is 25.3 Å². The number of pyridine rings is 1. The average molecular weight is 497 g/mol. The molecule has 0 bridgehead atoms. The molecule has 1 atom stereocenters. The number of hydrogen-bond acceptors (Lipinski definition) is 8. The van der Waals surface area contributed by atoms with Crippen LogP contribution in [0.4, 0.5) is 10.2 Å². The van der Waals surface area contributed by atoms with Gasteiger partial charge >= 0.3 is 5.97 Å². The number of nitrogens with zero attached hydrogens (tertiary/aromatic N) is 4. The topological polar surface area (TPSA) is 105 Å². The van der Waals surface area contributed by atoms with E-state index in [1.807, 2.05) is 29.2 Å². The third kappa shape index (κ3) is 5.18. The number of ether oxygens (including phenoxy) is 2. The van der Waals surface area contributed by atoms with Gasteiger partial charge in [-0.2, -0.15) is 0 Å². The number of hydrogen-bond donors (Lipinski definition) is 2. The van der Waals surface area contributed by atoms with E-state index < -0.39 is 5.82 Å². The molecule has 1 unspecified atom stereocenters. The van der Waals surface area contributed by atoms with Crippen molar-refractivity contribution in [3.63, 3.8) is 0 Å². The first kappa shape index (κ1) is 23.0. The largest absolute Gasteiger partial charge is 0.497 e. The van der Waals surface area contributed by atoms with Crippen molar-refractivity contribution in [1.82, 2.24) is 24.8 Å². The van der Waals surface area contributed by atoms with Crippen LogP contribution in [0, 0.1) is 5.82 Å². The molecule has 0 amide bonds. The summed E-state index contributed by atoms with van der Waals surface area (Å²) in [6.07, 6.45) is 4.35. The molecule has 0 aliphatic carbocycles. The number of cyclic esters (lactones) is 1. The second-order valence-corrected chi connectivity index (χ2v) is 8.62. The molecule has 0 saturated carbocycles. The predicted molar refractivity (Wildman–Crippen MR) is 129 cm³/mol. The molecule has 3 aromatic heterocycles. The molecule has 1 aliphatic rings. The summed E-state index contributed by atoms with van der Waals surface area (Å²) in [4.78, 5) is 30.0. The maximum absolute atomic E-state index is 14.7. The van der Waals surface area contributed by atoms with Crippen LogP contribution < -0.4 is 10.1 Å². The molecule has 1 aliphatic heterocycles. The zero-order valence-electron chi connectivity index (χ0n) is 18.8. The normalized spacial score (nSPS) is 16.7. The number of halogens is 2. The number of carbonyl (C=O) groups excluding carboxylic acids is 1. The van der Waals surface area contributed by atoms with E-state index in [9.17, 15) is 9.18 Å². The second-order valence-electron chi connectivity index (χ2n) is 8.18. The van der Waals surface area contributed by atoms with Gasteiger partial charge < -0.3 is 19.8 Å². The van der Waals surface area contributed by atoms with E-state index in [0.29, 0.717) is 35.1 Å². The Morgan fingerprint density at radius 1 is 1.29 bits per heavy atom. The van der Waals surface area contributed by atoms with Gasteiger partial charge in [0.15, 0.2) is 17.5 Å². The minimum absolute atomic E-state index is 0.0201. The van der Waals surface area contributed by atoms with E-state index in [-0.39, 0.29) is 31.0 Å².